The van der Waals surface area contributed by atoms with Gasteiger partial charge in [0.05, 0.1) is 5.56 Å². The van der Waals surface area contributed by atoms with E-state index >= 15 is 0 Å². The maximum absolute atomic E-state index is 12.5. The molecule has 4 rings (SSSR count). The van der Waals surface area contributed by atoms with E-state index in [1.165, 1.54) is 22.1 Å². The van der Waals surface area contributed by atoms with Crippen molar-refractivity contribution in [3.63, 3.8) is 0 Å². The molecule has 4 nitrogen and oxygen atoms in total. The summed E-state index contributed by atoms with van der Waals surface area (Å²) in [7, 11) is 0. The average Bonchev–Trinajstić information content (AvgIpc) is 3.15. The second-order valence-electron chi connectivity index (χ2n) is 7.13. The Morgan fingerprint density at radius 3 is 2.50 bits per heavy atom. The molecule has 0 unspecified atom stereocenters. The van der Waals surface area contributed by atoms with Gasteiger partial charge in [0.2, 0.25) is 0 Å². The molecule has 3 aromatic rings. The quantitative estimate of drug-likeness (QED) is 0.506. The molecular formula is C24H23NO3. The molecule has 0 spiro atoms. The molecule has 0 aliphatic heterocycles. The molecule has 28 heavy (non-hydrogen) atoms. The summed E-state index contributed by atoms with van der Waals surface area (Å²) in [5, 5.41) is 4.90. The fraction of sp³-hybridized carbons (Fsp3) is 0.250. The van der Waals surface area contributed by atoms with Crippen molar-refractivity contribution in [2.24, 2.45) is 0 Å². The van der Waals surface area contributed by atoms with Gasteiger partial charge in [0.25, 0.3) is 5.91 Å². The Morgan fingerprint density at radius 2 is 1.68 bits per heavy atom. The van der Waals surface area contributed by atoms with Crippen LogP contribution in [0.4, 0.5) is 0 Å². The number of nitrogens with one attached hydrogen (secondary N) is 1. The molecule has 1 N–H and O–H groups in total. The summed E-state index contributed by atoms with van der Waals surface area (Å²) in [6.45, 7) is 0.305. The first-order valence-corrected chi connectivity index (χ1v) is 9.73. The van der Waals surface area contributed by atoms with Crippen LogP contribution < -0.4 is 5.32 Å². The molecule has 0 fully saturated rings. The number of carbonyl (C=O) groups is 2. The lowest BCUT2D eigenvalue weighted by molar-refractivity contribution is -0.124. The molecule has 1 aliphatic rings. The molecule has 3 aromatic carbocycles. The van der Waals surface area contributed by atoms with Crippen LogP contribution in [0.2, 0.25) is 0 Å². The number of esters is 1. The predicted octanol–water partition coefficient (Wildman–Crippen LogP) is 3.84. The van der Waals surface area contributed by atoms with Crippen LogP contribution in [0, 0.1) is 0 Å². The number of ether oxygens (including phenoxy) is 1. The first-order chi connectivity index (χ1) is 13.7. The highest BCUT2D eigenvalue weighted by Crippen LogP contribution is 2.32. The second-order valence-corrected chi connectivity index (χ2v) is 7.13. The van der Waals surface area contributed by atoms with Crippen molar-refractivity contribution in [2.75, 3.05) is 13.2 Å². The minimum Gasteiger partial charge on any atom is -0.452 e. The van der Waals surface area contributed by atoms with E-state index in [9.17, 15) is 9.59 Å². The van der Waals surface area contributed by atoms with Crippen LogP contribution in [0.5, 0.6) is 0 Å². The Kier molecular flexibility index (Phi) is 5.38. The monoisotopic (exact) mass is 373 g/mol. The van der Waals surface area contributed by atoms with Gasteiger partial charge in [0, 0.05) is 6.54 Å². The largest absolute Gasteiger partial charge is 0.452 e. The highest BCUT2D eigenvalue weighted by Gasteiger charge is 2.19. The summed E-state index contributed by atoms with van der Waals surface area (Å²) in [6, 6.07) is 20.0. The van der Waals surface area contributed by atoms with E-state index in [0.29, 0.717) is 12.1 Å². The molecule has 0 radical (unpaired) electrons. The van der Waals surface area contributed by atoms with Gasteiger partial charge in [-0.15, -0.1) is 0 Å². The van der Waals surface area contributed by atoms with Crippen molar-refractivity contribution >= 4 is 22.6 Å². The van der Waals surface area contributed by atoms with Gasteiger partial charge in [-0.2, -0.15) is 0 Å². The van der Waals surface area contributed by atoms with Gasteiger partial charge in [-0.25, -0.2) is 4.79 Å². The van der Waals surface area contributed by atoms with Crippen LogP contribution in [-0.2, 0) is 28.8 Å². The summed E-state index contributed by atoms with van der Waals surface area (Å²) in [4.78, 5) is 24.5. The number of carbonyl (C=O) groups excluding carboxylic acids is 2. The SMILES string of the molecule is O=C(COC(=O)c1ccc2c3c(cccc13)CC2)NCCCc1ccccc1. The van der Waals surface area contributed by atoms with Crippen LogP contribution in [0.15, 0.2) is 60.7 Å². The Morgan fingerprint density at radius 1 is 0.893 bits per heavy atom. The second kappa shape index (κ2) is 8.26. The van der Waals surface area contributed by atoms with Crippen molar-refractivity contribution in [1.29, 1.82) is 0 Å². The lowest BCUT2D eigenvalue weighted by Crippen LogP contribution is -2.29. The summed E-state index contributed by atoms with van der Waals surface area (Å²) >= 11 is 0. The molecule has 0 bridgehead atoms. The van der Waals surface area contributed by atoms with E-state index in [0.717, 1.165) is 31.1 Å². The highest BCUT2D eigenvalue weighted by atomic mass is 16.5. The lowest BCUT2D eigenvalue weighted by Gasteiger charge is -2.10. The van der Waals surface area contributed by atoms with Crippen molar-refractivity contribution in [3.8, 4) is 0 Å². The average molecular weight is 373 g/mol. The Hall–Kier alpha value is -3.14. The molecule has 142 valence electrons. The molecule has 1 aliphatic carbocycles. The van der Waals surface area contributed by atoms with Crippen LogP contribution in [0.3, 0.4) is 0 Å². The van der Waals surface area contributed by atoms with E-state index in [2.05, 4.69) is 23.5 Å². The molecule has 0 saturated carbocycles. The van der Waals surface area contributed by atoms with Crippen molar-refractivity contribution in [2.45, 2.75) is 25.7 Å². The summed E-state index contributed by atoms with van der Waals surface area (Å²) in [6.07, 6.45) is 3.77. The van der Waals surface area contributed by atoms with Crippen molar-refractivity contribution < 1.29 is 14.3 Å². The standard InChI is InChI=1S/C24H23NO3/c26-22(25-15-5-8-17-6-2-1-3-7-17)16-28-24(27)21-14-13-19-12-11-18-9-4-10-20(21)23(18)19/h1-4,6-7,9-10,13-14H,5,8,11-12,15-16H2,(H,25,26). The van der Waals surface area contributed by atoms with Crippen LogP contribution >= 0.6 is 0 Å². The number of aryl methyl sites for hydroxylation is 3. The van der Waals surface area contributed by atoms with Crippen molar-refractivity contribution in [1.82, 2.24) is 5.32 Å². The molecule has 0 aromatic heterocycles. The smallest absolute Gasteiger partial charge is 0.339 e. The number of benzene rings is 3. The zero-order chi connectivity index (χ0) is 19.3. The summed E-state index contributed by atoms with van der Waals surface area (Å²) in [5.41, 5.74) is 4.33. The van der Waals surface area contributed by atoms with Gasteiger partial charge >= 0.3 is 5.97 Å². The van der Waals surface area contributed by atoms with E-state index in [-0.39, 0.29) is 12.5 Å². The van der Waals surface area contributed by atoms with E-state index in [4.69, 9.17) is 4.74 Å². The number of hydrogen-bond acceptors (Lipinski definition) is 3. The summed E-state index contributed by atoms with van der Waals surface area (Å²) in [5.74, 6) is -0.720. The van der Waals surface area contributed by atoms with Gasteiger partial charge in [0.1, 0.15) is 0 Å². The van der Waals surface area contributed by atoms with Gasteiger partial charge < -0.3 is 10.1 Å². The Bertz CT molecular complexity index is 1000. The third kappa shape index (κ3) is 3.91. The topological polar surface area (TPSA) is 55.4 Å². The lowest BCUT2D eigenvalue weighted by atomic mass is 10.00. The van der Waals surface area contributed by atoms with E-state index in [1.54, 1.807) is 0 Å². The fourth-order valence-electron chi connectivity index (χ4n) is 3.85. The molecule has 0 heterocycles. The Labute approximate surface area is 164 Å². The van der Waals surface area contributed by atoms with Crippen molar-refractivity contribution in [3.05, 3.63) is 82.9 Å². The van der Waals surface area contributed by atoms with Gasteiger partial charge in [0.15, 0.2) is 6.61 Å². The fourth-order valence-corrected chi connectivity index (χ4v) is 3.85. The van der Waals surface area contributed by atoms with Gasteiger partial charge in [-0.1, -0.05) is 54.6 Å². The third-order valence-corrected chi connectivity index (χ3v) is 5.24. The molecule has 0 atom stereocenters. The molecule has 1 amide bonds. The first kappa shape index (κ1) is 18.2. The van der Waals surface area contributed by atoms with Crippen LogP contribution in [0.1, 0.15) is 33.5 Å². The minimum absolute atomic E-state index is 0.257. The highest BCUT2D eigenvalue weighted by molar-refractivity contribution is 6.07. The third-order valence-electron chi connectivity index (χ3n) is 5.24. The molecule has 4 heteroatoms. The number of hydrogen-bond donors (Lipinski definition) is 1. The zero-order valence-corrected chi connectivity index (χ0v) is 15.7. The predicted molar refractivity (Wildman–Crippen MR) is 109 cm³/mol. The summed E-state index contributed by atoms with van der Waals surface area (Å²) < 4.78 is 5.26. The van der Waals surface area contributed by atoms with E-state index < -0.39 is 5.97 Å². The van der Waals surface area contributed by atoms with Gasteiger partial charge in [-0.05, 0) is 59.2 Å². The minimum atomic E-state index is -0.449. The van der Waals surface area contributed by atoms with Crippen LogP contribution in [-0.4, -0.2) is 25.0 Å². The zero-order valence-electron chi connectivity index (χ0n) is 15.7. The van der Waals surface area contributed by atoms with Gasteiger partial charge in [-0.3, -0.25) is 4.79 Å². The van der Waals surface area contributed by atoms with E-state index in [1.807, 2.05) is 42.5 Å². The maximum atomic E-state index is 12.5. The Balaban J connectivity index is 1.29. The normalized spacial score (nSPS) is 12.1. The number of rotatable bonds is 7. The molecular weight excluding hydrogens is 350 g/mol. The molecule has 0 saturated heterocycles. The number of amides is 1. The van der Waals surface area contributed by atoms with Crippen LogP contribution in [0.25, 0.3) is 10.8 Å². The first-order valence-electron chi connectivity index (χ1n) is 9.73. The maximum Gasteiger partial charge on any atom is 0.339 e.